The molecule has 4 heteroatoms. The van der Waals surface area contributed by atoms with Gasteiger partial charge in [-0.15, -0.1) is 0 Å². The van der Waals surface area contributed by atoms with E-state index in [0.29, 0.717) is 5.57 Å². The molecule has 0 aromatic carbocycles. The zero-order valence-corrected chi connectivity index (χ0v) is 22.7. The van der Waals surface area contributed by atoms with Crippen LogP contribution in [0.2, 0.25) is 0 Å². The first-order valence-electron chi connectivity index (χ1n) is 13.0. The van der Waals surface area contributed by atoms with Crippen LogP contribution in [-0.4, -0.2) is 37.6 Å². The van der Waals surface area contributed by atoms with Crippen LogP contribution in [0, 0.1) is 0 Å². The van der Waals surface area contributed by atoms with Gasteiger partial charge in [-0.1, -0.05) is 110 Å². The van der Waals surface area contributed by atoms with Gasteiger partial charge >= 0.3 is 0 Å². The number of rotatable bonds is 20. The number of primary amides is 1. The molecule has 0 saturated carbocycles. The highest BCUT2D eigenvalue weighted by molar-refractivity contribution is 5.90. The molecule has 0 atom stereocenters. The molecular weight excluding hydrogens is 404 g/mol. The summed E-state index contributed by atoms with van der Waals surface area (Å²) in [5.74, 6) is -0.435. The van der Waals surface area contributed by atoms with Crippen molar-refractivity contribution in [3.63, 3.8) is 0 Å². The highest BCUT2D eigenvalue weighted by Crippen LogP contribution is 2.14. The first-order valence-corrected chi connectivity index (χ1v) is 13.0. The molecule has 188 valence electrons. The molecule has 0 radical (unpaired) electrons. The Labute approximate surface area is 202 Å². The van der Waals surface area contributed by atoms with E-state index in [1.54, 1.807) is 6.92 Å². The van der Waals surface area contributed by atoms with Gasteiger partial charge < -0.3 is 22.6 Å². The van der Waals surface area contributed by atoms with Crippen LogP contribution in [0.25, 0.3) is 0 Å². The lowest BCUT2D eigenvalue weighted by molar-refractivity contribution is -0.890. The van der Waals surface area contributed by atoms with Gasteiger partial charge in [0.25, 0.3) is 0 Å². The third kappa shape index (κ3) is 31.7. The second-order valence-electron chi connectivity index (χ2n) is 9.83. The predicted molar refractivity (Wildman–Crippen MR) is 136 cm³/mol. The van der Waals surface area contributed by atoms with Crippen molar-refractivity contribution in [2.24, 2.45) is 5.73 Å². The van der Waals surface area contributed by atoms with E-state index in [0.717, 1.165) is 0 Å². The summed E-state index contributed by atoms with van der Waals surface area (Å²) in [7, 11) is 4.77. The summed E-state index contributed by atoms with van der Waals surface area (Å²) < 4.78 is 1.22. The van der Waals surface area contributed by atoms with Crippen molar-refractivity contribution in [3.8, 4) is 0 Å². The Morgan fingerprint density at radius 1 is 0.645 bits per heavy atom. The minimum Gasteiger partial charge on any atom is -1.00 e. The minimum absolute atomic E-state index is 0. The fourth-order valence-electron chi connectivity index (χ4n) is 3.81. The summed E-state index contributed by atoms with van der Waals surface area (Å²) in [6.45, 7) is 12.1. The van der Waals surface area contributed by atoms with Crippen molar-refractivity contribution in [2.75, 3.05) is 27.2 Å². The van der Waals surface area contributed by atoms with Crippen molar-refractivity contribution in [1.29, 1.82) is 0 Å². The van der Waals surface area contributed by atoms with Gasteiger partial charge in [-0.05, 0) is 26.2 Å². The number of amides is 1. The van der Waals surface area contributed by atoms with Gasteiger partial charge in [0.1, 0.15) is 0 Å². The number of hydrogen-bond donors (Lipinski definition) is 1. The van der Waals surface area contributed by atoms with Gasteiger partial charge in [-0.25, -0.2) is 0 Å². The molecule has 0 unspecified atom stereocenters. The fourth-order valence-corrected chi connectivity index (χ4v) is 3.81. The van der Waals surface area contributed by atoms with E-state index in [9.17, 15) is 4.79 Å². The second-order valence-corrected chi connectivity index (χ2v) is 9.83. The second kappa shape index (κ2) is 25.7. The molecule has 0 aliphatic rings. The van der Waals surface area contributed by atoms with Gasteiger partial charge in [-0.3, -0.25) is 4.79 Å². The van der Waals surface area contributed by atoms with Crippen LogP contribution >= 0.6 is 0 Å². The number of halogens is 1. The first-order chi connectivity index (χ1) is 14.3. The Balaban J connectivity index is -0.000000976. The van der Waals surface area contributed by atoms with Crippen molar-refractivity contribution >= 4 is 5.91 Å². The van der Waals surface area contributed by atoms with E-state index in [4.69, 9.17) is 5.73 Å². The summed E-state index contributed by atoms with van der Waals surface area (Å²) in [6, 6.07) is 0. The standard InChI is InChI=1S/C23H50N.C4H7NO.ClH/c1-5-7-8-9-10-11-12-13-14-15-16-17-18-19-20-21-23-24(3,4)22-6-2;1-3(2)4(5)6;/h5-23H2,1-4H3;1H2,2H3,(H2,5,6);1H/q+1;;/p-1. The summed E-state index contributed by atoms with van der Waals surface area (Å²) >= 11 is 0. The molecule has 2 N–H and O–H groups in total. The van der Waals surface area contributed by atoms with E-state index in [1.807, 2.05) is 0 Å². The van der Waals surface area contributed by atoms with Crippen LogP contribution in [0.5, 0.6) is 0 Å². The van der Waals surface area contributed by atoms with E-state index < -0.39 is 5.91 Å². The smallest absolute Gasteiger partial charge is 0.243 e. The molecule has 0 bridgehead atoms. The first kappa shape index (κ1) is 35.1. The molecule has 0 spiro atoms. The maximum Gasteiger partial charge on any atom is 0.243 e. The Bertz CT molecular complexity index is 385. The molecule has 0 aromatic heterocycles. The number of nitrogens with zero attached hydrogens (tertiary/aromatic N) is 1. The van der Waals surface area contributed by atoms with Gasteiger partial charge in [0.15, 0.2) is 0 Å². The van der Waals surface area contributed by atoms with E-state index in [1.165, 1.54) is 127 Å². The Morgan fingerprint density at radius 2 is 0.935 bits per heavy atom. The number of hydrogen-bond acceptors (Lipinski definition) is 1. The number of quaternary nitrogens is 1. The third-order valence-corrected chi connectivity index (χ3v) is 5.87. The fraction of sp³-hybridized carbons (Fsp3) is 0.889. The van der Waals surface area contributed by atoms with Crippen LogP contribution in [0.4, 0.5) is 0 Å². The number of nitrogens with two attached hydrogens (primary N) is 1. The van der Waals surface area contributed by atoms with Crippen molar-refractivity contribution in [1.82, 2.24) is 0 Å². The van der Waals surface area contributed by atoms with Crippen LogP contribution in [0.1, 0.15) is 130 Å². The summed E-state index contributed by atoms with van der Waals surface area (Å²) in [5.41, 5.74) is 5.09. The molecule has 0 aliphatic heterocycles. The lowest BCUT2D eigenvalue weighted by atomic mass is 10.0. The summed E-state index contributed by atoms with van der Waals surface area (Å²) in [5, 5.41) is 0. The zero-order chi connectivity index (χ0) is 23.1. The Kier molecular flexibility index (Phi) is 29.1. The molecule has 1 amide bonds. The number of carbonyl (C=O) groups is 1. The average Bonchev–Trinajstić information content (AvgIpc) is 2.68. The largest absolute Gasteiger partial charge is 1.00 e. The topological polar surface area (TPSA) is 43.1 Å². The van der Waals surface area contributed by atoms with E-state index in [2.05, 4.69) is 34.5 Å². The molecule has 0 fully saturated rings. The molecule has 0 aromatic rings. The van der Waals surface area contributed by atoms with E-state index >= 15 is 0 Å². The minimum atomic E-state index is -0.435. The molecule has 0 aliphatic carbocycles. The summed E-state index contributed by atoms with van der Waals surface area (Å²) in [6.07, 6.45) is 24.7. The predicted octanol–water partition coefficient (Wildman–Crippen LogP) is 4.79. The van der Waals surface area contributed by atoms with Gasteiger partial charge in [-0.2, -0.15) is 0 Å². The van der Waals surface area contributed by atoms with Crippen LogP contribution in [0.15, 0.2) is 12.2 Å². The quantitative estimate of drug-likeness (QED) is 0.158. The zero-order valence-electron chi connectivity index (χ0n) is 22.0. The molecule has 0 saturated heterocycles. The number of carbonyl (C=O) groups excluding carboxylic acids is 1. The molecule has 0 heterocycles. The Morgan fingerprint density at radius 3 is 1.19 bits per heavy atom. The third-order valence-electron chi connectivity index (χ3n) is 5.87. The SMILES string of the molecule is C=C(C)C(N)=O.CCCCCCCCCCCCCCCCCC[N+](C)(C)CCC.[Cl-]. The van der Waals surface area contributed by atoms with Gasteiger partial charge in [0.2, 0.25) is 5.91 Å². The van der Waals surface area contributed by atoms with Crippen LogP contribution < -0.4 is 18.1 Å². The monoisotopic (exact) mass is 460 g/mol. The van der Waals surface area contributed by atoms with Crippen molar-refractivity contribution in [3.05, 3.63) is 12.2 Å². The van der Waals surface area contributed by atoms with Crippen molar-refractivity contribution in [2.45, 2.75) is 130 Å². The maximum absolute atomic E-state index is 9.82. The van der Waals surface area contributed by atoms with Crippen LogP contribution in [0.3, 0.4) is 0 Å². The van der Waals surface area contributed by atoms with E-state index in [-0.39, 0.29) is 12.4 Å². The highest BCUT2D eigenvalue weighted by Gasteiger charge is 2.11. The van der Waals surface area contributed by atoms with Crippen molar-refractivity contribution < 1.29 is 21.7 Å². The summed E-state index contributed by atoms with van der Waals surface area (Å²) in [4.78, 5) is 9.82. The van der Waals surface area contributed by atoms with Gasteiger partial charge in [0, 0.05) is 5.57 Å². The lowest BCUT2D eigenvalue weighted by Gasteiger charge is -2.29. The molecule has 0 rings (SSSR count). The molecular formula is C27H57ClN2O. The van der Waals surface area contributed by atoms with Crippen LogP contribution in [-0.2, 0) is 4.79 Å². The maximum atomic E-state index is 9.82. The average molecular weight is 461 g/mol. The lowest BCUT2D eigenvalue weighted by Crippen LogP contribution is -3.00. The Hall–Kier alpha value is -0.540. The number of unbranched alkanes of at least 4 members (excludes halogenated alkanes) is 15. The highest BCUT2D eigenvalue weighted by atomic mass is 35.5. The van der Waals surface area contributed by atoms with Gasteiger partial charge in [0.05, 0.1) is 27.2 Å². The molecule has 31 heavy (non-hydrogen) atoms. The normalized spacial score (nSPS) is 10.7. The molecule has 3 nitrogen and oxygen atoms in total.